The van der Waals surface area contributed by atoms with Crippen LogP contribution in [0.3, 0.4) is 0 Å². The number of benzene rings is 3. The molecule has 3 aromatic carbocycles. The smallest absolute Gasteiger partial charge is 0.348 e. The van der Waals surface area contributed by atoms with Gasteiger partial charge < -0.3 is 25.0 Å². The summed E-state index contributed by atoms with van der Waals surface area (Å²) in [5.74, 6) is -0.310. The van der Waals surface area contributed by atoms with Gasteiger partial charge in [0.25, 0.3) is 0 Å². The molecule has 3 aromatic rings. The van der Waals surface area contributed by atoms with Gasteiger partial charge in [0.1, 0.15) is 6.54 Å². The Morgan fingerprint density at radius 1 is 0.868 bits per heavy atom. The first-order valence-corrected chi connectivity index (χ1v) is 13.5. The van der Waals surface area contributed by atoms with Crippen LogP contribution in [0.25, 0.3) is 0 Å². The Kier molecular flexibility index (Phi) is 7.77. The summed E-state index contributed by atoms with van der Waals surface area (Å²) in [7, 11) is 0. The van der Waals surface area contributed by atoms with Crippen LogP contribution in [0.15, 0.2) is 91.0 Å². The molecule has 3 heterocycles. The topological polar surface area (TPSA) is 87.7 Å². The van der Waals surface area contributed by atoms with Crippen molar-refractivity contribution in [2.45, 2.75) is 31.0 Å². The second kappa shape index (κ2) is 11.4. The number of nitrogens with zero attached hydrogens (tertiary/aromatic N) is 1. The molecule has 2 amide bonds. The highest BCUT2D eigenvalue weighted by Crippen LogP contribution is 2.38. The van der Waals surface area contributed by atoms with Crippen LogP contribution in [-0.4, -0.2) is 60.4 Å². The van der Waals surface area contributed by atoms with Crippen molar-refractivity contribution in [3.8, 4) is 0 Å². The molecule has 3 aliphatic heterocycles. The number of carbonyl (C=O) groups is 2. The number of amides is 2. The average molecular weight is 515 g/mol. The zero-order chi connectivity index (χ0) is 26.4. The molecule has 0 spiro atoms. The van der Waals surface area contributed by atoms with E-state index in [1.165, 1.54) is 0 Å². The maximum absolute atomic E-state index is 13.7. The number of fused-ring (bicyclic) bond motifs is 3. The number of esters is 1. The number of hydrogen-bond donors (Lipinski definition) is 3. The second-order valence-electron chi connectivity index (χ2n) is 10.5. The standard InChI is InChI=1S/C31H35N3O4/c35-29(31(37,25-11-4-1-5-12-25)26-13-6-2-7-14-26)38-28-23-34(21-17-24(28)18-22-34)20-10-19-32-30(36)33-27-15-8-3-9-16-27/h1-9,11-16,24,28,37H,10,17-23H2,(H-,32,33,36)/p+1/t24?,28-,34?/m0/s1. The largest absolute Gasteiger partial charge is 0.453 e. The minimum absolute atomic E-state index is 0.207. The van der Waals surface area contributed by atoms with Crippen molar-refractivity contribution >= 4 is 17.7 Å². The minimum Gasteiger partial charge on any atom is -0.453 e. The van der Waals surface area contributed by atoms with Gasteiger partial charge in [-0.1, -0.05) is 78.9 Å². The number of quaternary nitrogens is 1. The molecule has 7 nitrogen and oxygen atoms in total. The minimum atomic E-state index is -1.87. The monoisotopic (exact) mass is 514 g/mol. The van der Waals surface area contributed by atoms with Gasteiger partial charge in [0, 0.05) is 37.4 Å². The lowest BCUT2D eigenvalue weighted by Gasteiger charge is -2.52. The Hall–Kier alpha value is -3.68. The van der Waals surface area contributed by atoms with Gasteiger partial charge in [0.05, 0.1) is 19.6 Å². The summed E-state index contributed by atoms with van der Waals surface area (Å²) < 4.78 is 7.03. The zero-order valence-corrected chi connectivity index (χ0v) is 21.6. The average Bonchev–Trinajstić information content (AvgIpc) is 2.97. The van der Waals surface area contributed by atoms with Gasteiger partial charge in [-0.15, -0.1) is 0 Å². The number of aliphatic hydroxyl groups is 1. The van der Waals surface area contributed by atoms with E-state index < -0.39 is 11.6 Å². The molecule has 38 heavy (non-hydrogen) atoms. The lowest BCUT2D eigenvalue weighted by Crippen LogP contribution is -2.65. The number of piperidine rings is 3. The first-order valence-electron chi connectivity index (χ1n) is 13.5. The molecule has 0 unspecified atom stereocenters. The van der Waals surface area contributed by atoms with Crippen LogP contribution >= 0.6 is 0 Å². The number of anilines is 1. The molecule has 2 bridgehead atoms. The summed E-state index contributed by atoms with van der Waals surface area (Å²) >= 11 is 0. The quantitative estimate of drug-likeness (QED) is 0.226. The van der Waals surface area contributed by atoms with Crippen molar-refractivity contribution in [2.75, 3.05) is 38.0 Å². The Morgan fingerprint density at radius 3 is 2.00 bits per heavy atom. The molecule has 0 saturated carbocycles. The van der Waals surface area contributed by atoms with E-state index in [-0.39, 0.29) is 12.1 Å². The van der Waals surface area contributed by atoms with Crippen molar-refractivity contribution < 1.29 is 23.9 Å². The summed E-state index contributed by atoms with van der Waals surface area (Å²) in [6.07, 6.45) is 2.59. The molecule has 3 N–H and O–H groups in total. The van der Waals surface area contributed by atoms with E-state index in [9.17, 15) is 14.7 Å². The maximum atomic E-state index is 13.7. The van der Waals surface area contributed by atoms with E-state index in [4.69, 9.17) is 4.74 Å². The third-order valence-electron chi connectivity index (χ3n) is 8.10. The number of nitrogens with one attached hydrogen (secondary N) is 2. The van der Waals surface area contributed by atoms with Gasteiger partial charge in [0.15, 0.2) is 6.10 Å². The number of carbonyl (C=O) groups excluding carboxylic acids is 2. The van der Waals surface area contributed by atoms with Crippen LogP contribution in [0.4, 0.5) is 10.5 Å². The van der Waals surface area contributed by atoms with Crippen molar-refractivity contribution in [1.29, 1.82) is 0 Å². The number of para-hydroxylation sites is 1. The van der Waals surface area contributed by atoms with E-state index in [2.05, 4.69) is 10.6 Å². The van der Waals surface area contributed by atoms with Gasteiger partial charge >= 0.3 is 12.0 Å². The van der Waals surface area contributed by atoms with Crippen LogP contribution < -0.4 is 10.6 Å². The highest BCUT2D eigenvalue weighted by molar-refractivity contribution is 5.89. The van der Waals surface area contributed by atoms with Crippen LogP contribution in [0.5, 0.6) is 0 Å². The van der Waals surface area contributed by atoms with Gasteiger partial charge in [-0.2, -0.15) is 0 Å². The fourth-order valence-corrected chi connectivity index (χ4v) is 5.97. The van der Waals surface area contributed by atoms with Crippen LogP contribution in [0.2, 0.25) is 0 Å². The van der Waals surface area contributed by atoms with Gasteiger partial charge in [0.2, 0.25) is 5.60 Å². The predicted molar refractivity (Wildman–Crippen MR) is 146 cm³/mol. The number of hydrogen-bond acceptors (Lipinski definition) is 4. The highest BCUT2D eigenvalue weighted by Gasteiger charge is 2.50. The zero-order valence-electron chi connectivity index (χ0n) is 21.6. The van der Waals surface area contributed by atoms with Crippen molar-refractivity contribution in [2.24, 2.45) is 5.92 Å². The SMILES string of the molecule is O=C(NCCC[N+]12CCC(CC1)[C@@H](OC(=O)C(O)(c1ccccc1)c1ccccc1)C2)Nc1ccccc1. The first-order chi connectivity index (χ1) is 18.5. The third kappa shape index (κ3) is 5.59. The Bertz CT molecular complexity index is 1170. The predicted octanol–water partition coefficient (Wildman–Crippen LogP) is 4.29. The molecule has 3 aliphatic rings. The molecule has 0 aliphatic carbocycles. The van der Waals surface area contributed by atoms with Crippen molar-refractivity contribution in [1.82, 2.24) is 5.32 Å². The Labute approximate surface area is 224 Å². The summed E-state index contributed by atoms with van der Waals surface area (Å²) in [6, 6.07) is 27.2. The van der Waals surface area contributed by atoms with E-state index in [0.29, 0.717) is 23.6 Å². The molecule has 198 valence electrons. The van der Waals surface area contributed by atoms with E-state index >= 15 is 0 Å². The number of rotatable bonds is 9. The molecular weight excluding hydrogens is 478 g/mol. The number of ether oxygens (including phenoxy) is 1. The van der Waals surface area contributed by atoms with E-state index in [0.717, 1.165) is 55.6 Å². The molecule has 0 aromatic heterocycles. The number of urea groups is 1. The van der Waals surface area contributed by atoms with Gasteiger partial charge in [-0.05, 0) is 23.3 Å². The molecule has 3 saturated heterocycles. The second-order valence-corrected chi connectivity index (χ2v) is 10.5. The Balaban J connectivity index is 1.20. The summed E-state index contributed by atoms with van der Waals surface area (Å²) in [5, 5.41) is 17.6. The van der Waals surface area contributed by atoms with Gasteiger partial charge in [-0.25, -0.2) is 9.59 Å². The lowest BCUT2D eigenvalue weighted by molar-refractivity contribution is -0.946. The van der Waals surface area contributed by atoms with Crippen molar-refractivity contribution in [3.63, 3.8) is 0 Å². The normalized spacial score (nSPS) is 22.4. The van der Waals surface area contributed by atoms with E-state index in [1.807, 2.05) is 66.7 Å². The van der Waals surface area contributed by atoms with Crippen LogP contribution in [0, 0.1) is 5.92 Å². The first kappa shape index (κ1) is 25.9. The Morgan fingerprint density at radius 2 is 1.42 bits per heavy atom. The lowest BCUT2D eigenvalue weighted by atomic mass is 9.82. The highest BCUT2D eigenvalue weighted by atomic mass is 16.6. The summed E-state index contributed by atoms with van der Waals surface area (Å²) in [5.41, 5.74) is -0.0990. The summed E-state index contributed by atoms with van der Waals surface area (Å²) in [6.45, 7) is 4.34. The maximum Gasteiger partial charge on any atom is 0.348 e. The molecular formula is C31H36N3O4+. The summed E-state index contributed by atoms with van der Waals surface area (Å²) in [4.78, 5) is 25.9. The third-order valence-corrected chi connectivity index (χ3v) is 8.10. The van der Waals surface area contributed by atoms with Crippen molar-refractivity contribution in [3.05, 3.63) is 102 Å². The molecule has 3 fully saturated rings. The van der Waals surface area contributed by atoms with Crippen LogP contribution in [-0.2, 0) is 15.1 Å². The molecule has 1 atom stereocenters. The van der Waals surface area contributed by atoms with E-state index in [1.54, 1.807) is 24.3 Å². The molecule has 6 rings (SSSR count). The van der Waals surface area contributed by atoms with Crippen LogP contribution in [0.1, 0.15) is 30.4 Å². The molecule has 7 heteroatoms. The molecule has 0 radical (unpaired) electrons. The fourth-order valence-electron chi connectivity index (χ4n) is 5.97. The fraction of sp³-hybridized carbons (Fsp3) is 0.355. The van der Waals surface area contributed by atoms with Gasteiger partial charge in [-0.3, -0.25) is 0 Å².